The lowest BCUT2D eigenvalue weighted by atomic mass is 10.1. The van der Waals surface area contributed by atoms with Gasteiger partial charge in [0.2, 0.25) is 0 Å². The van der Waals surface area contributed by atoms with Gasteiger partial charge in [0.15, 0.2) is 0 Å². The van der Waals surface area contributed by atoms with Crippen LogP contribution < -0.4 is 9.47 Å². The van der Waals surface area contributed by atoms with Crippen LogP contribution in [0.15, 0.2) is 18.2 Å². The van der Waals surface area contributed by atoms with Gasteiger partial charge in [-0.15, -0.1) is 0 Å². The Balaban J connectivity index is 2.80. The molecule has 0 unspecified atom stereocenters. The van der Waals surface area contributed by atoms with E-state index in [1.807, 2.05) is 18.2 Å². The van der Waals surface area contributed by atoms with Crippen LogP contribution >= 0.6 is 0 Å². The molecule has 1 aromatic carbocycles. The molecular formula is C15H25NO3. The van der Waals surface area contributed by atoms with Crippen LogP contribution in [0.1, 0.15) is 25.3 Å². The van der Waals surface area contributed by atoms with Gasteiger partial charge in [0.1, 0.15) is 11.5 Å². The maximum Gasteiger partial charge on any atom is 0.123 e. The largest absolute Gasteiger partial charge is 0.497 e. The highest BCUT2D eigenvalue weighted by Gasteiger charge is 2.10. The Hall–Kier alpha value is -1.26. The summed E-state index contributed by atoms with van der Waals surface area (Å²) in [5.41, 5.74) is 1.09. The van der Waals surface area contributed by atoms with E-state index in [1.165, 1.54) is 0 Å². The van der Waals surface area contributed by atoms with Gasteiger partial charge in [-0.3, -0.25) is 4.90 Å². The molecule has 1 aromatic rings. The summed E-state index contributed by atoms with van der Waals surface area (Å²) < 4.78 is 10.6. The van der Waals surface area contributed by atoms with Crippen LogP contribution in [0.2, 0.25) is 0 Å². The van der Waals surface area contributed by atoms with Crippen molar-refractivity contribution in [3.8, 4) is 11.5 Å². The molecule has 4 heteroatoms. The fourth-order valence-corrected chi connectivity index (χ4v) is 2.04. The normalized spacial score (nSPS) is 10.8. The van der Waals surface area contributed by atoms with Crippen LogP contribution in [0.25, 0.3) is 0 Å². The number of unbranched alkanes of at least 4 members (excludes halogenated alkanes) is 1. The first-order valence-electron chi connectivity index (χ1n) is 6.79. The lowest BCUT2D eigenvalue weighted by molar-refractivity contribution is 0.187. The van der Waals surface area contributed by atoms with Gasteiger partial charge in [-0.05, 0) is 31.2 Å². The van der Waals surface area contributed by atoms with Crippen molar-refractivity contribution in [2.45, 2.75) is 26.3 Å². The van der Waals surface area contributed by atoms with Gasteiger partial charge in [0.25, 0.3) is 0 Å². The van der Waals surface area contributed by atoms with Gasteiger partial charge >= 0.3 is 0 Å². The third-order valence-electron chi connectivity index (χ3n) is 3.13. The van der Waals surface area contributed by atoms with Crippen molar-refractivity contribution in [2.24, 2.45) is 0 Å². The average Bonchev–Trinajstić information content (AvgIpc) is 2.44. The number of ether oxygens (including phenoxy) is 2. The molecule has 0 amide bonds. The van der Waals surface area contributed by atoms with E-state index in [4.69, 9.17) is 14.6 Å². The number of hydrogen-bond acceptors (Lipinski definition) is 4. The summed E-state index contributed by atoms with van der Waals surface area (Å²) in [6.45, 7) is 4.78. The minimum Gasteiger partial charge on any atom is -0.497 e. The topological polar surface area (TPSA) is 41.9 Å². The van der Waals surface area contributed by atoms with Gasteiger partial charge in [-0.1, -0.05) is 13.3 Å². The highest BCUT2D eigenvalue weighted by atomic mass is 16.5. The van der Waals surface area contributed by atoms with Crippen molar-refractivity contribution in [3.63, 3.8) is 0 Å². The summed E-state index contributed by atoms with van der Waals surface area (Å²) in [7, 11) is 3.34. The molecule has 0 bridgehead atoms. The van der Waals surface area contributed by atoms with Crippen LogP contribution in [-0.4, -0.2) is 43.9 Å². The summed E-state index contributed by atoms with van der Waals surface area (Å²) in [5.74, 6) is 1.69. The van der Waals surface area contributed by atoms with E-state index in [9.17, 15) is 0 Å². The first-order valence-corrected chi connectivity index (χ1v) is 6.79. The van der Waals surface area contributed by atoms with E-state index in [0.29, 0.717) is 6.54 Å². The summed E-state index contributed by atoms with van der Waals surface area (Å²) >= 11 is 0. The maximum absolute atomic E-state index is 9.14. The van der Waals surface area contributed by atoms with E-state index >= 15 is 0 Å². The number of benzene rings is 1. The monoisotopic (exact) mass is 267 g/mol. The van der Waals surface area contributed by atoms with E-state index in [0.717, 1.165) is 43.0 Å². The van der Waals surface area contributed by atoms with Crippen molar-refractivity contribution in [1.82, 2.24) is 4.90 Å². The number of aliphatic hydroxyl groups is 1. The van der Waals surface area contributed by atoms with E-state index in [-0.39, 0.29) is 6.61 Å². The van der Waals surface area contributed by atoms with Crippen molar-refractivity contribution >= 4 is 0 Å². The van der Waals surface area contributed by atoms with Crippen LogP contribution in [0.4, 0.5) is 0 Å². The van der Waals surface area contributed by atoms with Gasteiger partial charge in [0, 0.05) is 18.7 Å². The lowest BCUT2D eigenvalue weighted by Crippen LogP contribution is -2.27. The molecule has 0 fully saturated rings. The number of methoxy groups -OCH3 is 2. The minimum absolute atomic E-state index is 0.177. The Labute approximate surface area is 115 Å². The molecule has 0 aliphatic carbocycles. The lowest BCUT2D eigenvalue weighted by Gasteiger charge is -2.22. The van der Waals surface area contributed by atoms with Crippen LogP contribution in [0.3, 0.4) is 0 Å². The van der Waals surface area contributed by atoms with Crippen LogP contribution in [-0.2, 0) is 6.54 Å². The molecule has 0 spiro atoms. The molecule has 0 heterocycles. The first kappa shape index (κ1) is 15.8. The Kier molecular flexibility index (Phi) is 7.30. The number of aliphatic hydroxyl groups excluding tert-OH is 1. The third kappa shape index (κ3) is 5.09. The fourth-order valence-electron chi connectivity index (χ4n) is 2.04. The predicted octanol–water partition coefficient (Wildman–Crippen LogP) is 2.30. The third-order valence-corrected chi connectivity index (χ3v) is 3.13. The molecular weight excluding hydrogens is 242 g/mol. The molecule has 4 nitrogen and oxygen atoms in total. The van der Waals surface area contributed by atoms with Crippen molar-refractivity contribution < 1.29 is 14.6 Å². The number of hydrogen-bond donors (Lipinski definition) is 1. The quantitative estimate of drug-likeness (QED) is 0.745. The minimum atomic E-state index is 0.177. The average molecular weight is 267 g/mol. The second kappa shape index (κ2) is 8.77. The molecule has 0 aliphatic heterocycles. The summed E-state index contributed by atoms with van der Waals surface area (Å²) in [4.78, 5) is 2.24. The van der Waals surface area contributed by atoms with Gasteiger partial charge in [-0.25, -0.2) is 0 Å². The van der Waals surface area contributed by atoms with E-state index in [1.54, 1.807) is 14.2 Å². The smallest absolute Gasteiger partial charge is 0.123 e. The Morgan fingerprint density at radius 3 is 2.53 bits per heavy atom. The Bertz CT molecular complexity index is 368. The molecule has 0 saturated heterocycles. The fraction of sp³-hybridized carbons (Fsp3) is 0.600. The van der Waals surface area contributed by atoms with Gasteiger partial charge in [-0.2, -0.15) is 0 Å². The van der Waals surface area contributed by atoms with Crippen LogP contribution in [0, 0.1) is 0 Å². The van der Waals surface area contributed by atoms with Gasteiger partial charge < -0.3 is 14.6 Å². The summed E-state index contributed by atoms with van der Waals surface area (Å²) in [6.07, 6.45) is 2.28. The molecule has 1 rings (SSSR count). The molecule has 1 N–H and O–H groups in total. The molecule has 0 radical (unpaired) electrons. The molecule has 108 valence electrons. The zero-order chi connectivity index (χ0) is 14.1. The Morgan fingerprint density at radius 1 is 1.16 bits per heavy atom. The zero-order valence-electron chi connectivity index (χ0n) is 12.2. The molecule has 0 saturated carbocycles. The zero-order valence-corrected chi connectivity index (χ0v) is 12.2. The second-order valence-corrected chi connectivity index (χ2v) is 4.53. The SMILES string of the molecule is CCCCN(CCO)Cc1cc(OC)ccc1OC. The van der Waals surface area contributed by atoms with Crippen molar-refractivity contribution in [2.75, 3.05) is 33.9 Å². The molecule has 0 atom stereocenters. The Morgan fingerprint density at radius 2 is 1.95 bits per heavy atom. The highest BCUT2D eigenvalue weighted by molar-refractivity contribution is 5.40. The van der Waals surface area contributed by atoms with Gasteiger partial charge in [0.05, 0.1) is 20.8 Å². The van der Waals surface area contributed by atoms with Crippen molar-refractivity contribution in [1.29, 1.82) is 0 Å². The number of nitrogens with zero attached hydrogens (tertiary/aromatic N) is 1. The summed E-state index contributed by atoms with van der Waals surface area (Å²) in [5, 5.41) is 9.14. The number of rotatable bonds is 9. The molecule has 19 heavy (non-hydrogen) atoms. The summed E-state index contributed by atoms with van der Waals surface area (Å²) in [6, 6.07) is 5.81. The molecule has 0 aliphatic rings. The van der Waals surface area contributed by atoms with E-state index < -0.39 is 0 Å². The van der Waals surface area contributed by atoms with E-state index in [2.05, 4.69) is 11.8 Å². The predicted molar refractivity (Wildman–Crippen MR) is 76.8 cm³/mol. The second-order valence-electron chi connectivity index (χ2n) is 4.53. The standard InChI is InChI=1S/C15H25NO3/c1-4-5-8-16(9-10-17)12-13-11-14(18-2)6-7-15(13)19-3/h6-7,11,17H,4-5,8-10,12H2,1-3H3. The first-order chi connectivity index (χ1) is 9.24. The highest BCUT2D eigenvalue weighted by Crippen LogP contribution is 2.25. The van der Waals surface area contributed by atoms with Crippen LogP contribution in [0.5, 0.6) is 11.5 Å². The maximum atomic E-state index is 9.14. The molecule has 0 aromatic heterocycles. The van der Waals surface area contributed by atoms with Crippen molar-refractivity contribution in [3.05, 3.63) is 23.8 Å².